The second-order valence-corrected chi connectivity index (χ2v) is 14.6. The zero-order valence-electron chi connectivity index (χ0n) is 18.4. The topological polar surface area (TPSA) is 160 Å². The zero-order valence-corrected chi connectivity index (χ0v) is 22.5. The van der Waals surface area contributed by atoms with E-state index >= 15 is 0 Å². The highest BCUT2D eigenvalue weighted by Crippen LogP contribution is 2.41. The van der Waals surface area contributed by atoms with Crippen LogP contribution in [0.25, 0.3) is 16.7 Å². The molecule has 2 aromatic heterocycles. The van der Waals surface area contributed by atoms with Crippen LogP contribution in [0, 0.1) is 0 Å². The molecule has 2 N–H and O–H groups in total. The number of sulfonamides is 1. The van der Waals surface area contributed by atoms with Crippen molar-refractivity contribution < 1.29 is 31.2 Å². The van der Waals surface area contributed by atoms with E-state index in [4.69, 9.17) is 23.2 Å². The summed E-state index contributed by atoms with van der Waals surface area (Å²) in [7, 11) is -12.7. The van der Waals surface area contributed by atoms with Gasteiger partial charge in [-0.1, -0.05) is 23.2 Å². The van der Waals surface area contributed by atoms with Gasteiger partial charge in [0.2, 0.25) is 10.0 Å². The molecule has 192 valence electrons. The molecule has 1 aromatic carbocycles. The van der Waals surface area contributed by atoms with Crippen molar-refractivity contribution in [1.82, 2.24) is 14.5 Å². The largest absolute Gasteiger partial charge is 0.345 e. The minimum atomic E-state index is -4.81. The summed E-state index contributed by atoms with van der Waals surface area (Å²) < 4.78 is 64.3. The fourth-order valence-corrected chi connectivity index (χ4v) is 7.94. The Morgan fingerprint density at radius 2 is 1.86 bits per heavy atom. The van der Waals surface area contributed by atoms with Crippen molar-refractivity contribution in [3.63, 3.8) is 0 Å². The number of nitrogens with zero attached hydrogens (tertiary/aromatic N) is 4. The summed E-state index contributed by atoms with van der Waals surface area (Å²) in [6.45, 7) is 0. The Kier molecular flexibility index (Phi) is 7.12. The van der Waals surface area contributed by atoms with Crippen molar-refractivity contribution in [3.05, 3.63) is 65.1 Å². The SMILES string of the molecule is CS(=O)(=O)c1cnc(-n2ccc3cc(N(CP(=O)(O)O)S(=O)(=O)C4C=C(Cl)C=C(Cl)C4)ccc32)cn1. The quantitative estimate of drug-likeness (QED) is 0.393. The van der Waals surface area contributed by atoms with E-state index in [0.717, 1.165) is 12.5 Å². The minimum absolute atomic E-state index is 0.0253. The van der Waals surface area contributed by atoms with Gasteiger partial charge in [0.15, 0.2) is 20.7 Å². The number of fused-ring (bicyclic) bond motifs is 1. The van der Waals surface area contributed by atoms with Crippen LogP contribution >= 0.6 is 30.8 Å². The summed E-state index contributed by atoms with van der Waals surface area (Å²) in [6.07, 6.45) is 6.54. The van der Waals surface area contributed by atoms with E-state index in [2.05, 4.69) is 9.97 Å². The molecule has 0 radical (unpaired) electrons. The van der Waals surface area contributed by atoms with Crippen molar-refractivity contribution in [3.8, 4) is 5.82 Å². The molecule has 16 heteroatoms. The normalized spacial score (nSPS) is 17.1. The Balaban J connectivity index is 1.76. The van der Waals surface area contributed by atoms with Crippen LogP contribution in [0.5, 0.6) is 0 Å². The molecule has 3 aromatic rings. The second kappa shape index (κ2) is 9.56. The van der Waals surface area contributed by atoms with Crippen LogP contribution in [0.3, 0.4) is 0 Å². The van der Waals surface area contributed by atoms with E-state index in [-0.39, 0.29) is 27.2 Å². The molecule has 0 saturated heterocycles. The van der Waals surface area contributed by atoms with Crippen molar-refractivity contribution in [1.29, 1.82) is 0 Å². The Labute approximate surface area is 216 Å². The van der Waals surface area contributed by atoms with E-state index in [1.165, 1.54) is 30.5 Å². The standard InChI is InChI=1S/C20H19Cl2N4O7PS2/c1-35(30,31)20-11-23-19(10-24-20)25-5-4-13-6-16(2-3-18(13)25)26(12-34(27,28)29)36(32,33)17-8-14(21)7-15(22)9-17/h2-8,10-11,17H,9,12H2,1H3,(H2,27,28,29). The van der Waals surface area contributed by atoms with Gasteiger partial charge in [0.25, 0.3) is 0 Å². The number of allylic oxidation sites excluding steroid dienone is 3. The average Bonchev–Trinajstić information content (AvgIpc) is 3.19. The predicted molar refractivity (Wildman–Crippen MR) is 137 cm³/mol. The summed E-state index contributed by atoms with van der Waals surface area (Å²) in [6, 6.07) is 6.05. The van der Waals surface area contributed by atoms with Gasteiger partial charge in [-0.25, -0.2) is 26.8 Å². The van der Waals surface area contributed by atoms with Gasteiger partial charge < -0.3 is 9.79 Å². The highest BCUT2D eigenvalue weighted by Gasteiger charge is 2.36. The van der Waals surface area contributed by atoms with Gasteiger partial charge >= 0.3 is 7.60 Å². The van der Waals surface area contributed by atoms with Crippen molar-refractivity contribution in [2.45, 2.75) is 16.7 Å². The summed E-state index contributed by atoms with van der Waals surface area (Å²) in [5.74, 6) is 0.313. The number of aromatic nitrogens is 3. The van der Waals surface area contributed by atoms with Crippen LogP contribution in [0.1, 0.15) is 6.42 Å². The van der Waals surface area contributed by atoms with Crippen LogP contribution in [0.15, 0.2) is 70.1 Å². The summed E-state index contributed by atoms with van der Waals surface area (Å²) in [5.41, 5.74) is 0.595. The molecule has 2 heterocycles. The fourth-order valence-electron chi connectivity index (χ4n) is 3.63. The molecule has 0 fully saturated rings. The fraction of sp³-hybridized carbons (Fsp3) is 0.200. The highest BCUT2D eigenvalue weighted by molar-refractivity contribution is 7.94. The smallest absolute Gasteiger partial charge is 0.323 e. The number of sulfone groups is 1. The summed E-state index contributed by atoms with van der Waals surface area (Å²) in [4.78, 5) is 27.3. The van der Waals surface area contributed by atoms with Crippen molar-refractivity contribution in [2.75, 3.05) is 16.8 Å². The van der Waals surface area contributed by atoms with Crippen LogP contribution in [-0.4, -0.2) is 58.9 Å². The molecule has 1 aliphatic rings. The number of anilines is 1. The lowest BCUT2D eigenvalue weighted by Crippen LogP contribution is -2.39. The second-order valence-electron chi connectivity index (χ2n) is 8.00. The Hall–Kier alpha value is -2.25. The maximum absolute atomic E-state index is 13.5. The van der Waals surface area contributed by atoms with Crippen LogP contribution in [0.2, 0.25) is 0 Å². The van der Waals surface area contributed by atoms with E-state index in [1.54, 1.807) is 22.9 Å². The zero-order chi connectivity index (χ0) is 26.5. The monoisotopic (exact) mass is 592 g/mol. The summed E-state index contributed by atoms with van der Waals surface area (Å²) >= 11 is 12.0. The van der Waals surface area contributed by atoms with E-state index in [9.17, 15) is 31.2 Å². The number of benzene rings is 1. The maximum atomic E-state index is 13.5. The van der Waals surface area contributed by atoms with E-state index < -0.39 is 39.0 Å². The van der Waals surface area contributed by atoms with Gasteiger partial charge in [-0.05, 0) is 36.4 Å². The van der Waals surface area contributed by atoms with Crippen LogP contribution in [-0.2, 0) is 24.4 Å². The number of hydrogen-bond donors (Lipinski definition) is 2. The molecule has 0 spiro atoms. The minimum Gasteiger partial charge on any atom is -0.323 e. The van der Waals surface area contributed by atoms with Gasteiger partial charge in [0.1, 0.15) is 11.5 Å². The molecule has 4 rings (SSSR count). The van der Waals surface area contributed by atoms with Gasteiger partial charge in [-0.2, -0.15) is 0 Å². The van der Waals surface area contributed by atoms with Gasteiger partial charge in [0, 0.05) is 34.3 Å². The number of halogens is 2. The van der Waals surface area contributed by atoms with Gasteiger partial charge in [-0.3, -0.25) is 13.4 Å². The molecule has 0 aliphatic heterocycles. The lowest BCUT2D eigenvalue weighted by molar-refractivity contribution is 0.373. The third kappa shape index (κ3) is 5.67. The Morgan fingerprint density at radius 1 is 1.14 bits per heavy atom. The van der Waals surface area contributed by atoms with Crippen molar-refractivity contribution >= 4 is 67.2 Å². The first-order valence-corrected chi connectivity index (χ1v) is 16.0. The molecule has 1 unspecified atom stereocenters. The highest BCUT2D eigenvalue weighted by atomic mass is 35.5. The molecular formula is C20H19Cl2N4O7PS2. The molecule has 0 amide bonds. The lowest BCUT2D eigenvalue weighted by atomic mass is 10.2. The molecule has 1 atom stereocenters. The molecule has 0 bridgehead atoms. The van der Waals surface area contributed by atoms with Gasteiger partial charge in [0.05, 0.1) is 23.6 Å². The third-order valence-corrected chi connectivity index (χ3v) is 9.58. The van der Waals surface area contributed by atoms with E-state index in [0.29, 0.717) is 21.0 Å². The Bertz CT molecular complexity index is 1660. The molecule has 36 heavy (non-hydrogen) atoms. The average molecular weight is 593 g/mol. The molecule has 11 nitrogen and oxygen atoms in total. The van der Waals surface area contributed by atoms with E-state index in [1.807, 2.05) is 0 Å². The maximum Gasteiger partial charge on any atom is 0.345 e. The Morgan fingerprint density at radius 3 is 2.44 bits per heavy atom. The first-order chi connectivity index (χ1) is 16.6. The first kappa shape index (κ1) is 26.8. The third-order valence-electron chi connectivity index (χ3n) is 5.24. The predicted octanol–water partition coefficient (Wildman–Crippen LogP) is 3.11. The van der Waals surface area contributed by atoms with Gasteiger partial charge in [-0.15, -0.1) is 0 Å². The number of hydrogen-bond acceptors (Lipinski definition) is 7. The number of rotatable bonds is 7. The van der Waals surface area contributed by atoms with Crippen molar-refractivity contribution in [2.24, 2.45) is 0 Å². The first-order valence-electron chi connectivity index (χ1n) is 10.1. The molecule has 1 aliphatic carbocycles. The summed E-state index contributed by atoms with van der Waals surface area (Å²) in [5, 5.41) is -0.579. The van der Waals surface area contributed by atoms with Crippen LogP contribution in [0.4, 0.5) is 5.69 Å². The molecule has 0 saturated carbocycles. The lowest BCUT2D eigenvalue weighted by Gasteiger charge is -2.29. The van der Waals surface area contributed by atoms with Crippen LogP contribution < -0.4 is 4.31 Å². The molecular weight excluding hydrogens is 574 g/mol.